The molecule has 5 heteroatoms. The fourth-order valence-corrected chi connectivity index (χ4v) is 1.84. The fourth-order valence-electron chi connectivity index (χ4n) is 1.37. The highest BCUT2D eigenvalue weighted by Crippen LogP contribution is 2.21. The number of aryl methyl sites for hydroxylation is 1. The molecule has 0 bridgehead atoms. The van der Waals surface area contributed by atoms with Gasteiger partial charge in [0.05, 0.1) is 12.9 Å². The van der Waals surface area contributed by atoms with E-state index in [1.54, 1.807) is 7.11 Å². The first-order valence-corrected chi connectivity index (χ1v) is 7.04. The van der Waals surface area contributed by atoms with Crippen molar-refractivity contribution in [1.82, 2.24) is 0 Å². The molecule has 0 aliphatic rings. The van der Waals surface area contributed by atoms with Crippen molar-refractivity contribution in [2.24, 2.45) is 0 Å². The van der Waals surface area contributed by atoms with Gasteiger partial charge in [-0.25, -0.2) is 8.42 Å². The summed E-state index contributed by atoms with van der Waals surface area (Å²) in [6.45, 7) is 2.37. The number of ether oxygens (including phenoxy) is 1. The van der Waals surface area contributed by atoms with Crippen molar-refractivity contribution >= 4 is 15.5 Å². The maximum Gasteiger partial charge on any atom is 0.149 e. The molecule has 0 spiro atoms. The van der Waals surface area contributed by atoms with Crippen LogP contribution < -0.4 is 10.1 Å². The number of rotatable bonds is 5. The van der Waals surface area contributed by atoms with Gasteiger partial charge < -0.3 is 10.1 Å². The third kappa shape index (κ3) is 4.10. The number of methoxy groups -OCH3 is 1. The van der Waals surface area contributed by atoms with Crippen molar-refractivity contribution in [2.45, 2.75) is 6.92 Å². The van der Waals surface area contributed by atoms with Crippen LogP contribution >= 0.6 is 0 Å². The van der Waals surface area contributed by atoms with Gasteiger partial charge in [0, 0.05) is 18.5 Å². The van der Waals surface area contributed by atoms with Crippen molar-refractivity contribution in [2.75, 3.05) is 31.0 Å². The molecule has 0 aliphatic heterocycles. The van der Waals surface area contributed by atoms with Gasteiger partial charge in [-0.15, -0.1) is 0 Å². The molecule has 1 aromatic rings. The van der Waals surface area contributed by atoms with E-state index >= 15 is 0 Å². The predicted molar refractivity (Wildman–Crippen MR) is 65.9 cm³/mol. The summed E-state index contributed by atoms with van der Waals surface area (Å²) in [5, 5.41) is 3.06. The summed E-state index contributed by atoms with van der Waals surface area (Å²) in [6, 6.07) is 5.66. The highest BCUT2D eigenvalue weighted by molar-refractivity contribution is 7.90. The second kappa shape index (κ2) is 5.21. The van der Waals surface area contributed by atoms with Gasteiger partial charge in [0.1, 0.15) is 15.6 Å². The second-order valence-corrected chi connectivity index (χ2v) is 6.00. The van der Waals surface area contributed by atoms with E-state index in [9.17, 15) is 8.42 Å². The van der Waals surface area contributed by atoms with E-state index < -0.39 is 9.84 Å². The molecule has 0 unspecified atom stereocenters. The lowest BCUT2D eigenvalue weighted by atomic mass is 10.2. The Balaban J connectivity index is 2.59. The van der Waals surface area contributed by atoms with E-state index in [0.29, 0.717) is 6.54 Å². The molecule has 0 radical (unpaired) electrons. The Labute approximate surface area is 96.5 Å². The summed E-state index contributed by atoms with van der Waals surface area (Å²) in [6.07, 6.45) is 1.23. The molecule has 0 fully saturated rings. The molecule has 0 heterocycles. The van der Waals surface area contributed by atoms with Gasteiger partial charge in [0.2, 0.25) is 0 Å². The van der Waals surface area contributed by atoms with Crippen LogP contribution in [0.2, 0.25) is 0 Å². The standard InChI is InChI=1S/C11H17NO3S/c1-9-8-10(4-5-11(9)15-2)12-6-7-16(3,13)14/h4-5,8,12H,6-7H2,1-3H3. The Hall–Kier alpha value is -1.23. The molecule has 0 amide bonds. The van der Waals surface area contributed by atoms with Crippen molar-refractivity contribution < 1.29 is 13.2 Å². The molecular formula is C11H17NO3S. The Morgan fingerprint density at radius 3 is 2.56 bits per heavy atom. The van der Waals surface area contributed by atoms with E-state index in [0.717, 1.165) is 17.0 Å². The summed E-state index contributed by atoms with van der Waals surface area (Å²) in [7, 11) is -1.28. The maximum atomic E-state index is 10.9. The average molecular weight is 243 g/mol. The zero-order valence-electron chi connectivity index (χ0n) is 9.78. The van der Waals surface area contributed by atoms with E-state index in [2.05, 4.69) is 5.32 Å². The first-order chi connectivity index (χ1) is 7.42. The number of hydrogen-bond acceptors (Lipinski definition) is 4. The van der Waals surface area contributed by atoms with Crippen LogP contribution in [0, 0.1) is 6.92 Å². The van der Waals surface area contributed by atoms with Crippen LogP contribution in [0.3, 0.4) is 0 Å². The average Bonchev–Trinajstić information content (AvgIpc) is 2.16. The van der Waals surface area contributed by atoms with Crippen LogP contribution in [0.15, 0.2) is 18.2 Å². The minimum atomic E-state index is -2.90. The topological polar surface area (TPSA) is 55.4 Å². The third-order valence-electron chi connectivity index (χ3n) is 2.20. The van der Waals surface area contributed by atoms with E-state index in [1.165, 1.54) is 6.26 Å². The molecule has 4 nitrogen and oxygen atoms in total. The number of benzene rings is 1. The lowest BCUT2D eigenvalue weighted by Gasteiger charge is -2.09. The molecule has 1 aromatic carbocycles. The lowest BCUT2D eigenvalue weighted by Crippen LogP contribution is -2.14. The molecular weight excluding hydrogens is 226 g/mol. The van der Waals surface area contributed by atoms with Gasteiger partial charge in [-0.2, -0.15) is 0 Å². The lowest BCUT2D eigenvalue weighted by molar-refractivity contribution is 0.412. The normalized spacial score (nSPS) is 11.2. The quantitative estimate of drug-likeness (QED) is 0.850. The van der Waals surface area contributed by atoms with E-state index in [4.69, 9.17) is 4.74 Å². The van der Waals surface area contributed by atoms with E-state index in [-0.39, 0.29) is 5.75 Å². The molecule has 0 aromatic heterocycles. The number of nitrogens with one attached hydrogen (secondary N) is 1. The minimum absolute atomic E-state index is 0.137. The van der Waals surface area contributed by atoms with Crippen molar-refractivity contribution in [1.29, 1.82) is 0 Å². The second-order valence-electron chi connectivity index (χ2n) is 3.74. The monoisotopic (exact) mass is 243 g/mol. The van der Waals surface area contributed by atoms with Gasteiger partial charge in [-0.3, -0.25) is 0 Å². The Morgan fingerprint density at radius 2 is 2.06 bits per heavy atom. The zero-order chi connectivity index (χ0) is 12.2. The van der Waals surface area contributed by atoms with E-state index in [1.807, 2.05) is 25.1 Å². The van der Waals surface area contributed by atoms with Gasteiger partial charge in [-0.1, -0.05) is 0 Å². The van der Waals surface area contributed by atoms with Gasteiger partial charge in [0.15, 0.2) is 0 Å². The summed E-state index contributed by atoms with van der Waals surface area (Å²) >= 11 is 0. The van der Waals surface area contributed by atoms with Crippen LogP contribution in [0.5, 0.6) is 5.75 Å². The highest BCUT2D eigenvalue weighted by Gasteiger charge is 2.02. The first-order valence-electron chi connectivity index (χ1n) is 4.98. The smallest absolute Gasteiger partial charge is 0.149 e. The summed E-state index contributed by atoms with van der Waals surface area (Å²) < 4.78 is 27.0. The summed E-state index contributed by atoms with van der Waals surface area (Å²) in [4.78, 5) is 0. The molecule has 0 atom stereocenters. The molecule has 1 rings (SSSR count). The highest BCUT2D eigenvalue weighted by atomic mass is 32.2. The molecule has 16 heavy (non-hydrogen) atoms. The molecule has 90 valence electrons. The third-order valence-corrected chi connectivity index (χ3v) is 3.14. The summed E-state index contributed by atoms with van der Waals surface area (Å²) in [5.41, 5.74) is 1.92. The van der Waals surface area contributed by atoms with Crippen LogP contribution in [-0.2, 0) is 9.84 Å². The molecule has 1 N–H and O–H groups in total. The van der Waals surface area contributed by atoms with Crippen LogP contribution in [0.1, 0.15) is 5.56 Å². The maximum absolute atomic E-state index is 10.9. The van der Waals surface area contributed by atoms with Crippen LogP contribution in [0.4, 0.5) is 5.69 Å². The van der Waals surface area contributed by atoms with Gasteiger partial charge in [-0.05, 0) is 30.7 Å². The largest absolute Gasteiger partial charge is 0.496 e. The predicted octanol–water partition coefficient (Wildman–Crippen LogP) is 1.46. The van der Waals surface area contributed by atoms with Crippen molar-refractivity contribution in [3.8, 4) is 5.75 Å². The Kier molecular flexibility index (Phi) is 4.18. The number of hydrogen-bond donors (Lipinski definition) is 1. The zero-order valence-corrected chi connectivity index (χ0v) is 10.6. The fraction of sp³-hybridized carbons (Fsp3) is 0.455. The first kappa shape index (κ1) is 12.8. The molecule has 0 saturated carbocycles. The van der Waals surface area contributed by atoms with Gasteiger partial charge >= 0.3 is 0 Å². The van der Waals surface area contributed by atoms with Crippen LogP contribution in [-0.4, -0.2) is 34.1 Å². The van der Waals surface area contributed by atoms with Gasteiger partial charge in [0.25, 0.3) is 0 Å². The number of anilines is 1. The molecule has 0 saturated heterocycles. The van der Waals surface area contributed by atoms with Crippen molar-refractivity contribution in [3.63, 3.8) is 0 Å². The SMILES string of the molecule is COc1ccc(NCCS(C)(=O)=O)cc1C. The number of sulfone groups is 1. The molecule has 0 aliphatic carbocycles. The van der Waals surface area contributed by atoms with Crippen LogP contribution in [0.25, 0.3) is 0 Å². The summed E-state index contributed by atoms with van der Waals surface area (Å²) in [5.74, 6) is 0.964. The van der Waals surface area contributed by atoms with Crippen molar-refractivity contribution in [3.05, 3.63) is 23.8 Å². The Bertz CT molecular complexity index is 454. The Morgan fingerprint density at radius 1 is 1.38 bits per heavy atom. The minimum Gasteiger partial charge on any atom is -0.496 e.